The third-order valence-corrected chi connectivity index (χ3v) is 3.32. The SMILES string of the molecule is COC(=O)[C@H]1C[C@@H]2C[C@@H]1C[C@H]2O. The van der Waals surface area contributed by atoms with Crippen molar-refractivity contribution in [2.24, 2.45) is 17.8 Å². The summed E-state index contributed by atoms with van der Waals surface area (Å²) in [6.07, 6.45) is 2.49. The molecule has 3 heteroatoms. The Bertz CT molecular complexity index is 200. The zero-order valence-electron chi connectivity index (χ0n) is 7.19. The van der Waals surface area contributed by atoms with Crippen LogP contribution in [0.3, 0.4) is 0 Å². The van der Waals surface area contributed by atoms with Gasteiger partial charge in [0.15, 0.2) is 0 Å². The number of hydrogen-bond acceptors (Lipinski definition) is 3. The number of methoxy groups -OCH3 is 1. The lowest BCUT2D eigenvalue weighted by Crippen LogP contribution is -2.27. The van der Waals surface area contributed by atoms with Crippen LogP contribution in [-0.2, 0) is 9.53 Å². The third kappa shape index (κ3) is 1.04. The number of carbonyl (C=O) groups is 1. The van der Waals surface area contributed by atoms with Gasteiger partial charge >= 0.3 is 5.97 Å². The van der Waals surface area contributed by atoms with Gasteiger partial charge in [0.1, 0.15) is 0 Å². The molecule has 2 aliphatic carbocycles. The first kappa shape index (κ1) is 8.05. The Balaban J connectivity index is 2.02. The monoisotopic (exact) mass is 170 g/mol. The number of rotatable bonds is 1. The molecule has 0 radical (unpaired) electrons. The molecule has 0 aromatic rings. The van der Waals surface area contributed by atoms with Crippen LogP contribution in [0.25, 0.3) is 0 Å². The Hall–Kier alpha value is -0.570. The zero-order chi connectivity index (χ0) is 8.72. The van der Waals surface area contributed by atoms with E-state index in [1.54, 1.807) is 0 Å². The second-order valence-corrected chi connectivity index (χ2v) is 3.92. The third-order valence-electron chi connectivity index (χ3n) is 3.32. The number of aliphatic hydroxyl groups is 1. The van der Waals surface area contributed by atoms with Crippen LogP contribution in [0.1, 0.15) is 19.3 Å². The summed E-state index contributed by atoms with van der Waals surface area (Å²) in [6.45, 7) is 0. The molecule has 68 valence electrons. The lowest BCUT2D eigenvalue weighted by atomic mass is 9.87. The van der Waals surface area contributed by atoms with E-state index in [4.69, 9.17) is 4.74 Å². The van der Waals surface area contributed by atoms with E-state index in [9.17, 15) is 9.90 Å². The molecule has 0 spiro atoms. The number of hydrogen-bond donors (Lipinski definition) is 1. The maximum Gasteiger partial charge on any atom is 0.308 e. The Kier molecular flexibility index (Phi) is 1.83. The second kappa shape index (κ2) is 2.73. The summed E-state index contributed by atoms with van der Waals surface area (Å²) in [6, 6.07) is 0. The van der Waals surface area contributed by atoms with Gasteiger partial charge in [-0.25, -0.2) is 0 Å². The van der Waals surface area contributed by atoms with Crippen molar-refractivity contribution in [3.8, 4) is 0 Å². The molecule has 0 saturated heterocycles. The zero-order valence-corrected chi connectivity index (χ0v) is 7.19. The minimum Gasteiger partial charge on any atom is -0.469 e. The van der Waals surface area contributed by atoms with E-state index in [2.05, 4.69) is 0 Å². The quantitative estimate of drug-likeness (QED) is 0.585. The number of esters is 1. The van der Waals surface area contributed by atoms with Crippen LogP contribution < -0.4 is 0 Å². The Morgan fingerprint density at radius 1 is 1.33 bits per heavy atom. The summed E-state index contributed by atoms with van der Waals surface area (Å²) in [5, 5.41) is 9.44. The molecule has 0 unspecified atom stereocenters. The smallest absolute Gasteiger partial charge is 0.308 e. The highest BCUT2D eigenvalue weighted by Gasteiger charge is 2.48. The van der Waals surface area contributed by atoms with Crippen LogP contribution in [0.5, 0.6) is 0 Å². The first-order chi connectivity index (χ1) is 5.72. The first-order valence-corrected chi connectivity index (χ1v) is 4.48. The lowest BCUT2D eigenvalue weighted by molar-refractivity contribution is -0.147. The largest absolute Gasteiger partial charge is 0.469 e. The molecule has 2 saturated carbocycles. The van der Waals surface area contributed by atoms with E-state index in [1.165, 1.54) is 7.11 Å². The van der Waals surface area contributed by atoms with Crippen molar-refractivity contribution in [3.63, 3.8) is 0 Å². The fourth-order valence-electron chi connectivity index (χ4n) is 2.69. The van der Waals surface area contributed by atoms with Crippen molar-refractivity contribution in [1.29, 1.82) is 0 Å². The summed E-state index contributed by atoms with van der Waals surface area (Å²) >= 11 is 0. The highest BCUT2D eigenvalue weighted by atomic mass is 16.5. The van der Waals surface area contributed by atoms with Gasteiger partial charge < -0.3 is 9.84 Å². The van der Waals surface area contributed by atoms with E-state index in [0.717, 1.165) is 19.3 Å². The van der Waals surface area contributed by atoms with Crippen LogP contribution >= 0.6 is 0 Å². The molecule has 2 rings (SSSR count). The maximum atomic E-state index is 11.2. The van der Waals surface area contributed by atoms with Crippen LogP contribution in [-0.4, -0.2) is 24.3 Å². The fraction of sp³-hybridized carbons (Fsp3) is 0.889. The Labute approximate surface area is 71.7 Å². The molecule has 4 atom stereocenters. The van der Waals surface area contributed by atoms with Gasteiger partial charge in [-0.2, -0.15) is 0 Å². The minimum atomic E-state index is -0.157. The summed E-state index contributed by atoms with van der Waals surface area (Å²) in [7, 11) is 1.44. The minimum absolute atomic E-state index is 0.0726. The molecule has 12 heavy (non-hydrogen) atoms. The molecule has 3 nitrogen and oxygen atoms in total. The average molecular weight is 170 g/mol. The topological polar surface area (TPSA) is 46.5 Å². The van der Waals surface area contributed by atoms with Crippen molar-refractivity contribution >= 4 is 5.97 Å². The van der Waals surface area contributed by atoms with E-state index >= 15 is 0 Å². The van der Waals surface area contributed by atoms with Gasteiger partial charge in [-0.1, -0.05) is 0 Å². The van der Waals surface area contributed by atoms with Crippen LogP contribution in [0.2, 0.25) is 0 Å². The van der Waals surface area contributed by atoms with Gasteiger partial charge in [-0.3, -0.25) is 4.79 Å². The van der Waals surface area contributed by atoms with Gasteiger partial charge in [0.05, 0.1) is 19.1 Å². The van der Waals surface area contributed by atoms with Gasteiger partial charge in [0.25, 0.3) is 0 Å². The number of fused-ring (bicyclic) bond motifs is 2. The Morgan fingerprint density at radius 2 is 2.08 bits per heavy atom. The highest BCUT2D eigenvalue weighted by molar-refractivity contribution is 5.73. The summed E-state index contributed by atoms with van der Waals surface area (Å²) in [5.74, 6) is 0.731. The van der Waals surface area contributed by atoms with E-state index in [-0.39, 0.29) is 18.0 Å². The van der Waals surface area contributed by atoms with Gasteiger partial charge in [-0.15, -0.1) is 0 Å². The van der Waals surface area contributed by atoms with Gasteiger partial charge in [-0.05, 0) is 31.1 Å². The van der Waals surface area contributed by atoms with Crippen LogP contribution in [0, 0.1) is 17.8 Å². The molecule has 1 N–H and O–H groups in total. The maximum absolute atomic E-state index is 11.2. The predicted octanol–water partition coefficient (Wildman–Crippen LogP) is 0.566. The van der Waals surface area contributed by atoms with Crippen molar-refractivity contribution in [3.05, 3.63) is 0 Å². The Morgan fingerprint density at radius 3 is 2.50 bits per heavy atom. The molecule has 0 aromatic carbocycles. The molecule has 0 heterocycles. The standard InChI is InChI=1S/C9H14O3/c1-12-9(11)7-3-6-2-5(7)4-8(6)10/h5-8,10H,2-4H2,1H3/t5-,6+,7+,8-/m1/s1. The molecule has 0 amide bonds. The summed E-state index contributed by atoms with van der Waals surface area (Å²) in [4.78, 5) is 11.2. The van der Waals surface area contributed by atoms with Gasteiger partial charge in [0, 0.05) is 0 Å². The highest BCUT2D eigenvalue weighted by Crippen LogP contribution is 2.48. The molecule has 2 fully saturated rings. The molecular weight excluding hydrogens is 156 g/mol. The molecule has 0 aliphatic heterocycles. The van der Waals surface area contributed by atoms with Crippen LogP contribution in [0.4, 0.5) is 0 Å². The number of carbonyl (C=O) groups excluding carboxylic acids is 1. The van der Waals surface area contributed by atoms with Crippen LogP contribution in [0.15, 0.2) is 0 Å². The lowest BCUT2D eigenvalue weighted by Gasteiger charge is -2.22. The van der Waals surface area contributed by atoms with E-state index in [0.29, 0.717) is 11.8 Å². The number of ether oxygens (including phenoxy) is 1. The van der Waals surface area contributed by atoms with E-state index < -0.39 is 0 Å². The molecule has 2 bridgehead atoms. The molecule has 2 aliphatic rings. The second-order valence-electron chi connectivity index (χ2n) is 3.92. The predicted molar refractivity (Wildman–Crippen MR) is 42.3 cm³/mol. The average Bonchev–Trinajstić information content (AvgIpc) is 2.60. The first-order valence-electron chi connectivity index (χ1n) is 4.48. The summed E-state index contributed by atoms with van der Waals surface area (Å²) < 4.78 is 4.70. The normalized spacial score (nSPS) is 44.8. The van der Waals surface area contributed by atoms with Gasteiger partial charge in [0.2, 0.25) is 0 Å². The molecular formula is C9H14O3. The van der Waals surface area contributed by atoms with Crippen molar-refractivity contribution in [1.82, 2.24) is 0 Å². The van der Waals surface area contributed by atoms with Crippen molar-refractivity contribution in [2.75, 3.05) is 7.11 Å². The van der Waals surface area contributed by atoms with Crippen molar-refractivity contribution < 1.29 is 14.6 Å². The molecule has 0 aromatic heterocycles. The van der Waals surface area contributed by atoms with E-state index in [1.807, 2.05) is 0 Å². The fourth-order valence-corrected chi connectivity index (χ4v) is 2.69. The summed E-state index contributed by atoms with van der Waals surface area (Å²) in [5.41, 5.74) is 0. The van der Waals surface area contributed by atoms with Crippen molar-refractivity contribution in [2.45, 2.75) is 25.4 Å². The number of aliphatic hydroxyl groups excluding tert-OH is 1.